The molecule has 0 unspecified atom stereocenters. The molecular formula is C29H24ClF2NO5. The van der Waals surface area contributed by atoms with Crippen LogP contribution in [0.15, 0.2) is 66.7 Å². The second kappa shape index (κ2) is 12.5. The van der Waals surface area contributed by atoms with Crippen LogP contribution in [0.1, 0.15) is 33.3 Å². The molecule has 9 heteroatoms. The van der Waals surface area contributed by atoms with Gasteiger partial charge in [0.1, 0.15) is 42.3 Å². The second-order valence-corrected chi connectivity index (χ2v) is 8.63. The normalized spacial score (nSPS) is 12.1. The highest BCUT2D eigenvalue weighted by Gasteiger charge is 2.18. The highest BCUT2D eigenvalue weighted by atomic mass is 35.5. The predicted molar refractivity (Wildman–Crippen MR) is 142 cm³/mol. The van der Waals surface area contributed by atoms with Crippen molar-refractivity contribution in [1.29, 1.82) is 0 Å². The number of ether oxygens (including phenoxy) is 3. The van der Waals surface area contributed by atoms with Gasteiger partial charge in [0.25, 0.3) is 0 Å². The van der Waals surface area contributed by atoms with Gasteiger partial charge < -0.3 is 19.3 Å². The standard InChI is InChI=1S/C29H24ClF2NO5/c1-36-22-9-10-27(23(15-22)29(34)35)38-17-28(37-12-11-31)20-4-2-3-18(13-20)5-7-21-8-6-19-14-25(32)24(30)16-26(19)33-21/h2-10,13-16,28H,11-12,17H2,1H3,(H,34,35)/b7-5+/t28-/m1/s1. The summed E-state index contributed by atoms with van der Waals surface area (Å²) in [5.41, 5.74) is 2.71. The molecule has 0 radical (unpaired) electrons. The third-order valence-electron chi connectivity index (χ3n) is 5.69. The highest BCUT2D eigenvalue weighted by Crippen LogP contribution is 2.27. The van der Waals surface area contributed by atoms with Gasteiger partial charge in [-0.1, -0.05) is 41.9 Å². The summed E-state index contributed by atoms with van der Waals surface area (Å²) in [6, 6.07) is 18.2. The van der Waals surface area contributed by atoms with E-state index in [4.69, 9.17) is 25.8 Å². The number of pyridine rings is 1. The zero-order valence-corrected chi connectivity index (χ0v) is 21.1. The Labute approximate surface area is 223 Å². The van der Waals surface area contributed by atoms with Crippen LogP contribution in [0.2, 0.25) is 5.02 Å². The molecule has 0 fully saturated rings. The maximum atomic E-state index is 13.7. The molecule has 0 aliphatic carbocycles. The maximum Gasteiger partial charge on any atom is 0.339 e. The van der Waals surface area contributed by atoms with Crippen molar-refractivity contribution < 1.29 is 32.9 Å². The molecule has 1 atom stereocenters. The molecule has 196 valence electrons. The van der Waals surface area contributed by atoms with Crippen LogP contribution in [0, 0.1) is 5.82 Å². The summed E-state index contributed by atoms with van der Waals surface area (Å²) in [4.78, 5) is 16.2. The largest absolute Gasteiger partial charge is 0.497 e. The number of alkyl halides is 1. The summed E-state index contributed by atoms with van der Waals surface area (Å²) < 4.78 is 43.2. The first kappa shape index (κ1) is 27.0. The molecular weight excluding hydrogens is 516 g/mol. The van der Waals surface area contributed by atoms with Gasteiger partial charge in [0, 0.05) is 5.39 Å². The number of nitrogens with zero attached hydrogens (tertiary/aromatic N) is 1. The Hall–Kier alpha value is -4.01. The van der Waals surface area contributed by atoms with E-state index in [0.717, 1.165) is 11.1 Å². The maximum absolute atomic E-state index is 13.7. The quantitative estimate of drug-likeness (QED) is 0.221. The number of fused-ring (bicyclic) bond motifs is 1. The molecule has 1 heterocycles. The summed E-state index contributed by atoms with van der Waals surface area (Å²) in [5, 5.41) is 10.2. The second-order valence-electron chi connectivity index (χ2n) is 8.23. The monoisotopic (exact) mass is 539 g/mol. The number of methoxy groups -OCH3 is 1. The number of benzene rings is 3. The number of rotatable bonds is 11. The smallest absolute Gasteiger partial charge is 0.339 e. The molecule has 3 aromatic carbocycles. The third-order valence-corrected chi connectivity index (χ3v) is 5.97. The number of hydrogen-bond donors (Lipinski definition) is 1. The van der Waals surface area contributed by atoms with Gasteiger partial charge in [-0.3, -0.25) is 0 Å². The fourth-order valence-electron chi connectivity index (χ4n) is 3.79. The van der Waals surface area contributed by atoms with E-state index in [-0.39, 0.29) is 29.5 Å². The van der Waals surface area contributed by atoms with E-state index in [1.165, 1.54) is 31.4 Å². The van der Waals surface area contributed by atoms with E-state index >= 15 is 0 Å². The summed E-state index contributed by atoms with van der Waals surface area (Å²) >= 11 is 5.89. The average Bonchev–Trinajstić information content (AvgIpc) is 2.92. The topological polar surface area (TPSA) is 77.9 Å². The average molecular weight is 540 g/mol. The van der Waals surface area contributed by atoms with Crippen LogP contribution >= 0.6 is 11.6 Å². The van der Waals surface area contributed by atoms with Crippen molar-refractivity contribution in [1.82, 2.24) is 4.98 Å². The number of aromatic nitrogens is 1. The molecule has 0 amide bonds. The minimum atomic E-state index is -1.16. The van der Waals surface area contributed by atoms with Crippen molar-refractivity contribution in [2.75, 3.05) is 27.0 Å². The van der Waals surface area contributed by atoms with Crippen LogP contribution in [-0.4, -0.2) is 43.1 Å². The van der Waals surface area contributed by atoms with Crippen LogP contribution < -0.4 is 9.47 Å². The number of halogens is 3. The number of carbonyl (C=O) groups is 1. The Bertz CT molecular complexity index is 1480. The summed E-state index contributed by atoms with van der Waals surface area (Å²) in [6.45, 7) is -0.865. The van der Waals surface area contributed by atoms with E-state index < -0.39 is 24.6 Å². The zero-order valence-electron chi connectivity index (χ0n) is 20.4. The van der Waals surface area contributed by atoms with E-state index in [0.29, 0.717) is 22.3 Å². The van der Waals surface area contributed by atoms with Gasteiger partial charge in [-0.2, -0.15) is 0 Å². The summed E-state index contributed by atoms with van der Waals surface area (Å²) in [6.07, 6.45) is 3.00. The SMILES string of the molecule is COc1ccc(OC[C@@H](OCCF)c2cccc(/C=C/c3ccc4cc(F)c(Cl)cc4n3)c2)c(C(=O)O)c1. The number of carboxylic acids is 1. The lowest BCUT2D eigenvalue weighted by Gasteiger charge is -2.20. The molecule has 0 aliphatic rings. The van der Waals surface area contributed by atoms with Gasteiger partial charge in [0.15, 0.2) is 0 Å². The van der Waals surface area contributed by atoms with Gasteiger partial charge >= 0.3 is 5.97 Å². The molecule has 0 spiro atoms. The fourth-order valence-corrected chi connectivity index (χ4v) is 3.95. The lowest BCUT2D eigenvalue weighted by atomic mass is 10.1. The van der Waals surface area contributed by atoms with Crippen molar-refractivity contribution >= 4 is 40.6 Å². The van der Waals surface area contributed by atoms with Gasteiger partial charge in [-0.15, -0.1) is 0 Å². The molecule has 1 N–H and O–H groups in total. The molecule has 0 saturated heterocycles. The van der Waals surface area contributed by atoms with Gasteiger partial charge in [0.2, 0.25) is 0 Å². The van der Waals surface area contributed by atoms with Crippen LogP contribution in [0.3, 0.4) is 0 Å². The zero-order chi connectivity index (χ0) is 27.1. The number of aromatic carboxylic acids is 1. The van der Waals surface area contributed by atoms with Crippen LogP contribution in [0.5, 0.6) is 11.5 Å². The lowest BCUT2D eigenvalue weighted by molar-refractivity contribution is 0.0122. The lowest BCUT2D eigenvalue weighted by Crippen LogP contribution is -2.16. The highest BCUT2D eigenvalue weighted by molar-refractivity contribution is 6.31. The molecule has 0 saturated carbocycles. The van der Waals surface area contributed by atoms with Crippen LogP contribution in [0.4, 0.5) is 8.78 Å². The Balaban J connectivity index is 1.54. The van der Waals surface area contributed by atoms with Crippen molar-refractivity contribution in [3.63, 3.8) is 0 Å². The van der Waals surface area contributed by atoms with E-state index in [2.05, 4.69) is 4.98 Å². The first-order valence-electron chi connectivity index (χ1n) is 11.6. The van der Waals surface area contributed by atoms with Crippen molar-refractivity contribution in [3.05, 3.63) is 100.0 Å². The molecule has 0 aliphatic heterocycles. The molecule has 0 bridgehead atoms. The van der Waals surface area contributed by atoms with Gasteiger partial charge in [-0.25, -0.2) is 18.6 Å². The van der Waals surface area contributed by atoms with Crippen molar-refractivity contribution in [2.45, 2.75) is 6.10 Å². The third kappa shape index (κ3) is 6.65. The van der Waals surface area contributed by atoms with Crippen molar-refractivity contribution in [3.8, 4) is 11.5 Å². The molecule has 4 aromatic rings. The fraction of sp³-hybridized carbons (Fsp3) is 0.172. The number of carboxylic acid groups (broad SMARTS) is 1. The Morgan fingerprint density at radius 1 is 1.11 bits per heavy atom. The van der Waals surface area contributed by atoms with Gasteiger partial charge in [-0.05, 0) is 59.7 Å². The molecule has 38 heavy (non-hydrogen) atoms. The van der Waals surface area contributed by atoms with Gasteiger partial charge in [0.05, 0.1) is 29.9 Å². The minimum Gasteiger partial charge on any atom is -0.497 e. The van der Waals surface area contributed by atoms with E-state index in [1.807, 2.05) is 30.3 Å². The number of hydrogen-bond acceptors (Lipinski definition) is 5. The van der Waals surface area contributed by atoms with Crippen molar-refractivity contribution in [2.24, 2.45) is 0 Å². The summed E-state index contributed by atoms with van der Waals surface area (Å²) in [5.74, 6) is -1.14. The Morgan fingerprint density at radius 2 is 1.95 bits per heavy atom. The summed E-state index contributed by atoms with van der Waals surface area (Å²) in [7, 11) is 1.44. The van der Waals surface area contributed by atoms with Crippen LogP contribution in [-0.2, 0) is 4.74 Å². The minimum absolute atomic E-state index is 0.00508. The molecule has 1 aromatic heterocycles. The predicted octanol–water partition coefficient (Wildman–Crippen LogP) is 7.01. The molecule has 6 nitrogen and oxygen atoms in total. The first-order chi connectivity index (χ1) is 18.4. The van der Waals surface area contributed by atoms with E-state index in [9.17, 15) is 18.7 Å². The molecule has 4 rings (SSSR count). The Kier molecular flexibility index (Phi) is 8.89. The first-order valence-corrected chi connectivity index (χ1v) is 12.0. The van der Waals surface area contributed by atoms with E-state index in [1.54, 1.807) is 24.3 Å². The Morgan fingerprint density at radius 3 is 2.71 bits per heavy atom. The van der Waals surface area contributed by atoms with Crippen LogP contribution in [0.25, 0.3) is 23.1 Å².